The number of rotatable bonds is 7. The number of halogens is 4. The van der Waals surface area contributed by atoms with Gasteiger partial charge in [0, 0.05) is 11.6 Å². The van der Waals surface area contributed by atoms with Crippen LogP contribution in [0.2, 0.25) is 5.02 Å². The van der Waals surface area contributed by atoms with Crippen molar-refractivity contribution in [1.82, 2.24) is 14.8 Å². The molecule has 1 aromatic carbocycles. The number of thioether (sulfide) groups is 1. The summed E-state index contributed by atoms with van der Waals surface area (Å²) in [4.78, 5) is 12.6. The minimum absolute atomic E-state index is 0.0780. The highest BCUT2D eigenvalue weighted by Crippen LogP contribution is 2.37. The normalized spacial score (nSPS) is 12.6. The Hall–Kier alpha value is -2.72. The van der Waals surface area contributed by atoms with Gasteiger partial charge >= 0.3 is 6.18 Å². The molecule has 1 N–H and O–H groups in total. The van der Waals surface area contributed by atoms with Crippen molar-refractivity contribution in [2.45, 2.75) is 30.1 Å². The molecule has 0 aliphatic rings. The summed E-state index contributed by atoms with van der Waals surface area (Å²) < 4.78 is 46.8. The number of hydrogen-bond acceptors (Lipinski definition) is 5. The molecule has 0 aliphatic heterocycles. The zero-order valence-corrected chi connectivity index (χ0v) is 17.2. The lowest BCUT2D eigenvalue weighted by atomic mass is 10.1. The highest BCUT2D eigenvalue weighted by Gasteiger charge is 2.34. The second-order valence-corrected chi connectivity index (χ2v) is 7.86. The largest absolute Gasteiger partial charge is 0.461 e. The summed E-state index contributed by atoms with van der Waals surface area (Å²) in [6, 6.07) is 6.59. The molecular formula is C19H16ClF3N4O2S. The Morgan fingerprint density at radius 2 is 2.17 bits per heavy atom. The molecular weight excluding hydrogens is 441 g/mol. The summed E-state index contributed by atoms with van der Waals surface area (Å²) in [5.74, 6) is 0.317. The van der Waals surface area contributed by atoms with Crippen molar-refractivity contribution >= 4 is 35.0 Å². The van der Waals surface area contributed by atoms with Crippen LogP contribution in [0.3, 0.4) is 0 Å². The van der Waals surface area contributed by atoms with Crippen molar-refractivity contribution in [2.75, 3.05) is 5.32 Å². The number of hydrogen-bond donors (Lipinski definition) is 1. The van der Waals surface area contributed by atoms with Gasteiger partial charge in [-0.1, -0.05) is 29.4 Å². The summed E-state index contributed by atoms with van der Waals surface area (Å²) in [6.45, 7) is 5.61. The molecule has 2 aromatic heterocycles. The zero-order valence-electron chi connectivity index (χ0n) is 15.6. The molecule has 11 heteroatoms. The molecule has 1 atom stereocenters. The third-order valence-electron chi connectivity index (χ3n) is 3.97. The van der Waals surface area contributed by atoms with Gasteiger partial charge in [-0.2, -0.15) is 13.2 Å². The van der Waals surface area contributed by atoms with Crippen molar-refractivity contribution in [2.24, 2.45) is 0 Å². The summed E-state index contributed by atoms with van der Waals surface area (Å²) in [7, 11) is 0. The summed E-state index contributed by atoms with van der Waals surface area (Å²) in [5.41, 5.74) is -1.39. The number of furan rings is 1. The van der Waals surface area contributed by atoms with Crippen LogP contribution in [0, 0.1) is 0 Å². The number of nitrogens with zero attached hydrogens (tertiary/aromatic N) is 3. The number of alkyl halides is 3. The summed E-state index contributed by atoms with van der Waals surface area (Å²) in [5, 5.41) is 10.0. The molecule has 3 rings (SSSR count). The van der Waals surface area contributed by atoms with E-state index in [1.807, 2.05) is 0 Å². The van der Waals surface area contributed by atoms with Gasteiger partial charge in [0.05, 0.1) is 22.8 Å². The Morgan fingerprint density at radius 1 is 1.40 bits per heavy atom. The maximum atomic E-state index is 13.2. The van der Waals surface area contributed by atoms with Crippen molar-refractivity contribution in [3.63, 3.8) is 0 Å². The van der Waals surface area contributed by atoms with E-state index in [1.165, 1.54) is 12.3 Å². The molecule has 3 aromatic rings. The maximum absolute atomic E-state index is 13.2. The predicted molar refractivity (Wildman–Crippen MR) is 108 cm³/mol. The first kappa shape index (κ1) is 22.0. The first-order valence-corrected chi connectivity index (χ1v) is 9.88. The van der Waals surface area contributed by atoms with Crippen LogP contribution >= 0.6 is 23.4 Å². The van der Waals surface area contributed by atoms with Gasteiger partial charge in [-0.05, 0) is 37.3 Å². The molecule has 0 radical (unpaired) electrons. The Kier molecular flexibility index (Phi) is 6.57. The third-order valence-corrected chi connectivity index (χ3v) is 5.28. The highest BCUT2D eigenvalue weighted by atomic mass is 35.5. The van der Waals surface area contributed by atoms with Crippen LogP contribution in [0.1, 0.15) is 12.5 Å². The minimum atomic E-state index is -4.66. The number of anilines is 1. The van der Waals surface area contributed by atoms with Crippen molar-refractivity contribution in [3.05, 3.63) is 59.8 Å². The standard InChI is InChI=1S/C19H16ClF3N4O2S/c1-3-8-27-16(15-5-4-9-29-15)25-26-18(27)30-11(2)17(28)24-14-7-6-12(20)10-13(14)19(21,22)23/h3-7,9-11H,1,8H2,2H3,(H,24,28). The van der Waals surface area contributed by atoms with Crippen LogP contribution in [-0.2, 0) is 17.5 Å². The van der Waals surface area contributed by atoms with Crippen LogP contribution in [0.25, 0.3) is 11.6 Å². The van der Waals surface area contributed by atoms with E-state index in [0.717, 1.165) is 23.9 Å². The summed E-state index contributed by atoms with van der Waals surface area (Å²) in [6.07, 6.45) is -1.53. The first-order valence-electron chi connectivity index (χ1n) is 8.63. The molecule has 30 heavy (non-hydrogen) atoms. The molecule has 0 fully saturated rings. The van der Waals surface area contributed by atoms with E-state index in [1.54, 1.807) is 29.7 Å². The highest BCUT2D eigenvalue weighted by molar-refractivity contribution is 8.00. The SMILES string of the molecule is C=CCn1c(SC(C)C(=O)Nc2ccc(Cl)cc2C(F)(F)F)nnc1-c1ccco1. The average Bonchev–Trinajstić information content (AvgIpc) is 3.33. The van der Waals surface area contributed by atoms with Crippen LogP contribution in [0.5, 0.6) is 0 Å². The number of benzene rings is 1. The van der Waals surface area contributed by atoms with Crippen molar-refractivity contribution < 1.29 is 22.4 Å². The maximum Gasteiger partial charge on any atom is 0.418 e. The van der Waals surface area contributed by atoms with Gasteiger partial charge < -0.3 is 9.73 Å². The molecule has 0 saturated carbocycles. The molecule has 2 heterocycles. The van der Waals surface area contributed by atoms with Gasteiger partial charge in [-0.15, -0.1) is 16.8 Å². The monoisotopic (exact) mass is 456 g/mol. The van der Waals surface area contributed by atoms with Gasteiger partial charge in [0.25, 0.3) is 0 Å². The number of aromatic nitrogens is 3. The fourth-order valence-electron chi connectivity index (χ4n) is 2.56. The zero-order chi connectivity index (χ0) is 21.9. The molecule has 1 amide bonds. The number of allylic oxidation sites excluding steroid dienone is 1. The van der Waals surface area contributed by atoms with Crippen LogP contribution in [0.15, 0.2) is 58.8 Å². The fourth-order valence-corrected chi connectivity index (χ4v) is 3.59. The fraction of sp³-hybridized carbons (Fsp3) is 0.211. The first-order chi connectivity index (χ1) is 14.2. The van der Waals surface area contributed by atoms with Crippen molar-refractivity contribution in [1.29, 1.82) is 0 Å². The molecule has 0 spiro atoms. The van der Waals surface area contributed by atoms with E-state index in [-0.39, 0.29) is 10.7 Å². The predicted octanol–water partition coefficient (Wildman–Crippen LogP) is 5.52. The minimum Gasteiger partial charge on any atom is -0.461 e. The Morgan fingerprint density at radius 3 is 2.80 bits per heavy atom. The molecule has 0 bridgehead atoms. The van der Waals surface area contributed by atoms with Gasteiger partial charge in [0.1, 0.15) is 0 Å². The van der Waals surface area contributed by atoms with Crippen LogP contribution < -0.4 is 5.32 Å². The van der Waals surface area contributed by atoms with Crippen LogP contribution in [-0.4, -0.2) is 25.9 Å². The van der Waals surface area contributed by atoms with E-state index < -0.39 is 22.9 Å². The van der Waals surface area contributed by atoms with Crippen molar-refractivity contribution in [3.8, 4) is 11.6 Å². The lowest BCUT2D eigenvalue weighted by Gasteiger charge is -2.16. The number of carbonyl (C=O) groups excluding carboxylic acids is 1. The molecule has 1 unspecified atom stereocenters. The number of nitrogens with one attached hydrogen (secondary N) is 1. The number of carbonyl (C=O) groups is 1. The molecule has 0 aliphatic carbocycles. The quantitative estimate of drug-likeness (QED) is 0.374. The summed E-state index contributed by atoms with van der Waals surface area (Å²) >= 11 is 6.72. The van der Waals surface area contributed by atoms with E-state index in [9.17, 15) is 18.0 Å². The molecule has 158 valence electrons. The Labute approximate surface area is 179 Å². The second-order valence-electron chi connectivity index (χ2n) is 6.12. The smallest absolute Gasteiger partial charge is 0.418 e. The second kappa shape index (κ2) is 8.97. The molecule has 6 nitrogen and oxygen atoms in total. The van der Waals surface area contributed by atoms with E-state index >= 15 is 0 Å². The Balaban J connectivity index is 1.80. The van der Waals surface area contributed by atoms with Gasteiger partial charge in [-0.3, -0.25) is 9.36 Å². The lowest BCUT2D eigenvalue weighted by molar-refractivity contribution is -0.137. The van der Waals surface area contributed by atoms with Gasteiger partial charge in [-0.25, -0.2) is 0 Å². The van der Waals surface area contributed by atoms with Gasteiger partial charge in [0.15, 0.2) is 10.9 Å². The lowest BCUT2D eigenvalue weighted by Crippen LogP contribution is -2.24. The third kappa shape index (κ3) is 4.88. The van der Waals surface area contributed by atoms with E-state index in [2.05, 4.69) is 22.1 Å². The molecule has 0 saturated heterocycles. The van der Waals surface area contributed by atoms with Gasteiger partial charge in [0.2, 0.25) is 11.7 Å². The van der Waals surface area contributed by atoms with Crippen LogP contribution in [0.4, 0.5) is 18.9 Å². The van der Waals surface area contributed by atoms with E-state index in [0.29, 0.717) is 23.3 Å². The van der Waals surface area contributed by atoms with E-state index in [4.69, 9.17) is 16.0 Å². The number of amides is 1. The topological polar surface area (TPSA) is 73.0 Å². The average molecular weight is 457 g/mol. The Bertz CT molecular complexity index is 1050.